The number of aromatic nitrogens is 2. The van der Waals surface area contributed by atoms with Crippen molar-refractivity contribution in [3.63, 3.8) is 0 Å². The Morgan fingerprint density at radius 2 is 1.74 bits per heavy atom. The average molecular weight is 441 g/mol. The van der Waals surface area contributed by atoms with Gasteiger partial charge in [-0.15, -0.1) is 0 Å². The van der Waals surface area contributed by atoms with Crippen molar-refractivity contribution in [3.8, 4) is 0 Å². The van der Waals surface area contributed by atoms with Crippen LogP contribution in [0.1, 0.15) is 36.8 Å². The highest BCUT2D eigenvalue weighted by Gasteiger charge is 2.25. The summed E-state index contributed by atoms with van der Waals surface area (Å²) in [5.41, 5.74) is 4.51. The van der Waals surface area contributed by atoms with Gasteiger partial charge >= 0.3 is 0 Å². The maximum absolute atomic E-state index is 13.0. The molecular formula is C23H28N4O3S. The standard InChI is InChI=1S/C23H28N4O3S/c1-17-12-21-22(13-18(17)2)26(16-24-21)15-23(28)25-19-8-7-9-20(14-19)31(29,30)27-10-5-3-4-6-11-27/h7-9,12-14,16H,3-6,10-11,15H2,1-2H3,(H,25,28). The van der Waals surface area contributed by atoms with E-state index in [1.807, 2.05) is 26.0 Å². The molecule has 0 unspecified atom stereocenters. The number of carbonyl (C=O) groups excluding carboxylic acids is 1. The molecule has 4 rings (SSSR count). The van der Waals surface area contributed by atoms with E-state index >= 15 is 0 Å². The lowest BCUT2D eigenvalue weighted by Crippen LogP contribution is -2.32. The highest BCUT2D eigenvalue weighted by atomic mass is 32.2. The van der Waals surface area contributed by atoms with Crippen LogP contribution in [0.2, 0.25) is 0 Å². The van der Waals surface area contributed by atoms with Crippen LogP contribution in [0.3, 0.4) is 0 Å². The van der Waals surface area contributed by atoms with Gasteiger partial charge in [-0.1, -0.05) is 18.9 Å². The van der Waals surface area contributed by atoms with Gasteiger partial charge in [0.15, 0.2) is 0 Å². The van der Waals surface area contributed by atoms with Gasteiger partial charge in [0.25, 0.3) is 0 Å². The predicted molar refractivity (Wildman–Crippen MR) is 122 cm³/mol. The number of sulfonamides is 1. The molecule has 0 bridgehead atoms. The molecule has 1 N–H and O–H groups in total. The fraction of sp³-hybridized carbons (Fsp3) is 0.391. The SMILES string of the molecule is Cc1cc2ncn(CC(=O)Nc3cccc(S(=O)(=O)N4CCCCCC4)c3)c2cc1C. The van der Waals surface area contributed by atoms with Gasteiger partial charge < -0.3 is 9.88 Å². The van der Waals surface area contributed by atoms with E-state index in [2.05, 4.69) is 10.3 Å². The molecular weight excluding hydrogens is 412 g/mol. The quantitative estimate of drug-likeness (QED) is 0.653. The Labute approximate surface area is 183 Å². The number of nitrogens with one attached hydrogen (secondary N) is 1. The number of fused-ring (bicyclic) bond motifs is 1. The van der Waals surface area contributed by atoms with Crippen LogP contribution in [-0.4, -0.2) is 41.3 Å². The molecule has 1 aliphatic rings. The molecule has 3 aromatic rings. The Balaban J connectivity index is 1.50. The predicted octanol–water partition coefficient (Wildman–Crippen LogP) is 3.86. The zero-order valence-corrected chi connectivity index (χ0v) is 18.8. The lowest BCUT2D eigenvalue weighted by molar-refractivity contribution is -0.116. The van der Waals surface area contributed by atoms with E-state index < -0.39 is 10.0 Å². The molecule has 1 amide bonds. The van der Waals surface area contributed by atoms with Crippen molar-refractivity contribution < 1.29 is 13.2 Å². The zero-order valence-electron chi connectivity index (χ0n) is 18.0. The van der Waals surface area contributed by atoms with Crippen LogP contribution in [0.5, 0.6) is 0 Å². The second kappa shape index (κ2) is 8.80. The number of aryl methyl sites for hydroxylation is 2. The summed E-state index contributed by atoms with van der Waals surface area (Å²) in [5.74, 6) is -0.234. The number of imidazole rings is 1. The van der Waals surface area contributed by atoms with Crippen molar-refractivity contribution in [1.29, 1.82) is 0 Å². The van der Waals surface area contributed by atoms with E-state index in [0.717, 1.165) is 47.8 Å². The third-order valence-electron chi connectivity index (χ3n) is 5.87. The number of anilines is 1. The summed E-state index contributed by atoms with van der Waals surface area (Å²) < 4.78 is 29.4. The van der Waals surface area contributed by atoms with Crippen molar-refractivity contribution in [2.24, 2.45) is 0 Å². The number of hydrogen-bond donors (Lipinski definition) is 1. The molecule has 31 heavy (non-hydrogen) atoms. The first-order valence-electron chi connectivity index (χ1n) is 10.7. The van der Waals surface area contributed by atoms with E-state index in [0.29, 0.717) is 18.8 Å². The lowest BCUT2D eigenvalue weighted by atomic mass is 10.1. The van der Waals surface area contributed by atoms with Crippen LogP contribution < -0.4 is 5.32 Å². The van der Waals surface area contributed by atoms with Crippen LogP contribution in [0.4, 0.5) is 5.69 Å². The van der Waals surface area contributed by atoms with Crippen LogP contribution in [0, 0.1) is 13.8 Å². The Morgan fingerprint density at radius 3 is 2.48 bits per heavy atom. The fourth-order valence-corrected chi connectivity index (χ4v) is 5.52. The Kier molecular flexibility index (Phi) is 6.11. The number of amides is 1. The maximum atomic E-state index is 13.0. The molecule has 0 spiro atoms. The Morgan fingerprint density at radius 1 is 1.03 bits per heavy atom. The van der Waals surface area contributed by atoms with Crippen LogP contribution in [-0.2, 0) is 21.4 Å². The summed E-state index contributed by atoms with van der Waals surface area (Å²) in [5, 5.41) is 2.83. The Bertz CT molecular complexity index is 1210. The molecule has 7 nitrogen and oxygen atoms in total. The summed E-state index contributed by atoms with van der Waals surface area (Å²) in [6, 6.07) is 10.5. The third-order valence-corrected chi connectivity index (χ3v) is 7.77. The van der Waals surface area contributed by atoms with Crippen LogP contribution in [0.15, 0.2) is 47.6 Å². The van der Waals surface area contributed by atoms with E-state index in [-0.39, 0.29) is 17.3 Å². The molecule has 0 radical (unpaired) electrons. The number of nitrogens with zero attached hydrogens (tertiary/aromatic N) is 3. The van der Waals surface area contributed by atoms with Crippen molar-refractivity contribution in [1.82, 2.24) is 13.9 Å². The van der Waals surface area contributed by atoms with Gasteiger partial charge in [-0.25, -0.2) is 13.4 Å². The highest BCUT2D eigenvalue weighted by molar-refractivity contribution is 7.89. The number of benzene rings is 2. The molecule has 2 heterocycles. The van der Waals surface area contributed by atoms with Gasteiger partial charge in [0.2, 0.25) is 15.9 Å². The minimum atomic E-state index is -3.56. The zero-order chi connectivity index (χ0) is 22.0. The minimum absolute atomic E-state index is 0.0993. The molecule has 0 aliphatic carbocycles. The second-order valence-corrected chi connectivity index (χ2v) is 10.1. The largest absolute Gasteiger partial charge is 0.324 e. The summed E-state index contributed by atoms with van der Waals surface area (Å²) in [4.78, 5) is 17.3. The average Bonchev–Trinajstić information content (AvgIpc) is 2.94. The smallest absolute Gasteiger partial charge is 0.244 e. The van der Waals surface area contributed by atoms with Crippen LogP contribution in [0.25, 0.3) is 11.0 Å². The first-order valence-corrected chi connectivity index (χ1v) is 12.1. The minimum Gasteiger partial charge on any atom is -0.324 e. The summed E-state index contributed by atoms with van der Waals surface area (Å²) >= 11 is 0. The molecule has 1 aliphatic heterocycles. The molecule has 2 aromatic carbocycles. The van der Waals surface area contributed by atoms with E-state index in [4.69, 9.17) is 0 Å². The van der Waals surface area contributed by atoms with Crippen molar-refractivity contribution >= 4 is 32.7 Å². The van der Waals surface area contributed by atoms with Crippen molar-refractivity contribution in [2.75, 3.05) is 18.4 Å². The van der Waals surface area contributed by atoms with Gasteiger partial charge in [-0.2, -0.15) is 4.31 Å². The van der Waals surface area contributed by atoms with Gasteiger partial charge in [0.05, 0.1) is 22.3 Å². The lowest BCUT2D eigenvalue weighted by Gasteiger charge is -2.20. The molecule has 8 heteroatoms. The number of rotatable bonds is 5. The van der Waals surface area contributed by atoms with Crippen LogP contribution >= 0.6 is 0 Å². The third kappa shape index (κ3) is 4.65. The maximum Gasteiger partial charge on any atom is 0.244 e. The second-order valence-electron chi connectivity index (χ2n) is 8.19. The molecule has 1 aromatic heterocycles. The summed E-state index contributed by atoms with van der Waals surface area (Å²) in [7, 11) is -3.56. The van der Waals surface area contributed by atoms with Gasteiger partial charge in [-0.3, -0.25) is 4.79 Å². The molecule has 164 valence electrons. The summed E-state index contributed by atoms with van der Waals surface area (Å²) in [6.45, 7) is 5.26. The first kappa shape index (κ1) is 21.5. The summed E-state index contributed by atoms with van der Waals surface area (Å²) in [6.07, 6.45) is 5.54. The van der Waals surface area contributed by atoms with E-state index in [1.165, 1.54) is 6.07 Å². The van der Waals surface area contributed by atoms with Gasteiger partial charge in [-0.05, 0) is 68.1 Å². The van der Waals surface area contributed by atoms with E-state index in [9.17, 15) is 13.2 Å². The molecule has 1 saturated heterocycles. The molecule has 0 saturated carbocycles. The van der Waals surface area contributed by atoms with Crippen molar-refractivity contribution in [2.45, 2.75) is 51.0 Å². The monoisotopic (exact) mass is 440 g/mol. The fourth-order valence-electron chi connectivity index (χ4n) is 3.96. The normalized spacial score (nSPS) is 15.7. The highest BCUT2D eigenvalue weighted by Crippen LogP contribution is 2.23. The van der Waals surface area contributed by atoms with E-state index in [1.54, 1.807) is 33.4 Å². The first-order chi connectivity index (χ1) is 14.8. The van der Waals surface area contributed by atoms with Gasteiger partial charge in [0.1, 0.15) is 6.54 Å². The van der Waals surface area contributed by atoms with Crippen molar-refractivity contribution in [3.05, 3.63) is 53.9 Å². The molecule has 0 atom stereocenters. The topological polar surface area (TPSA) is 84.3 Å². The number of carbonyl (C=O) groups is 1. The van der Waals surface area contributed by atoms with Gasteiger partial charge in [0, 0.05) is 18.8 Å². The molecule has 1 fully saturated rings. The Hall–Kier alpha value is -2.71. The number of hydrogen-bond acceptors (Lipinski definition) is 4.